The van der Waals surface area contributed by atoms with Crippen molar-refractivity contribution in [1.82, 2.24) is 15.0 Å². The van der Waals surface area contributed by atoms with E-state index < -0.39 is 46.0 Å². The Bertz CT molecular complexity index is 895. The molecule has 6 nitrogen and oxygen atoms in total. The summed E-state index contributed by atoms with van der Waals surface area (Å²) in [6, 6.07) is 0.847. The molecule has 0 aliphatic rings. The largest absolute Gasteiger partial charge is 0.451 e. The molecule has 2 aromatic rings. The fraction of sp³-hybridized carbons (Fsp3) is 0.308. The van der Waals surface area contributed by atoms with Crippen LogP contribution in [-0.4, -0.2) is 29.6 Å². The monoisotopic (exact) mass is 401 g/mol. The van der Waals surface area contributed by atoms with Gasteiger partial charge in [-0.25, -0.2) is 9.97 Å². The number of rotatable bonds is 4. The van der Waals surface area contributed by atoms with E-state index in [1.807, 2.05) is 0 Å². The minimum absolute atomic E-state index is 0.0904. The molecule has 0 saturated carbocycles. The third kappa shape index (κ3) is 5.11. The van der Waals surface area contributed by atoms with E-state index in [0.29, 0.717) is 12.5 Å². The van der Waals surface area contributed by atoms with E-state index in [0.717, 1.165) is 18.5 Å². The van der Waals surface area contributed by atoms with E-state index in [1.54, 1.807) is 0 Å². The Labute approximate surface area is 143 Å². The molecule has 0 aliphatic heterocycles. The topological polar surface area (TPSA) is 82.0 Å². The van der Waals surface area contributed by atoms with Crippen LogP contribution >= 0.6 is 0 Å². The van der Waals surface area contributed by atoms with Crippen molar-refractivity contribution in [2.75, 3.05) is 6.26 Å². The van der Waals surface area contributed by atoms with Crippen molar-refractivity contribution in [2.45, 2.75) is 19.0 Å². The fourth-order valence-electron chi connectivity index (χ4n) is 1.81. The Morgan fingerprint density at radius 3 is 2.00 bits per heavy atom. The number of aromatic nitrogens is 3. The third-order valence-electron chi connectivity index (χ3n) is 2.92. The quantitative estimate of drug-likeness (QED) is 0.579. The van der Waals surface area contributed by atoms with Gasteiger partial charge in [0.15, 0.2) is 0 Å². The zero-order valence-electron chi connectivity index (χ0n) is 12.8. The summed E-state index contributed by atoms with van der Waals surface area (Å²) in [5.41, 5.74) is -2.07. The molecular weight excluding hydrogens is 392 g/mol. The lowest BCUT2D eigenvalue weighted by molar-refractivity contribution is -0.145. The first kappa shape index (κ1) is 20.0. The Balaban J connectivity index is 2.44. The van der Waals surface area contributed by atoms with Crippen LogP contribution in [0.5, 0.6) is 0 Å². The highest BCUT2D eigenvalue weighted by molar-refractivity contribution is 7.85. The van der Waals surface area contributed by atoms with Crippen LogP contribution in [0.2, 0.25) is 0 Å². The van der Waals surface area contributed by atoms with Gasteiger partial charge in [-0.15, -0.1) is 0 Å². The molecular formula is C13H9F6N3O3S. The molecule has 0 saturated heterocycles. The highest BCUT2D eigenvalue weighted by Crippen LogP contribution is 2.34. The summed E-state index contributed by atoms with van der Waals surface area (Å²) in [4.78, 5) is 9.70. The summed E-state index contributed by atoms with van der Waals surface area (Å²) in [6.45, 7) is -0.926. The Morgan fingerprint density at radius 2 is 1.54 bits per heavy atom. The number of hydrogen-bond donors (Lipinski definition) is 0. The zero-order chi connectivity index (χ0) is 19.8. The number of halogens is 6. The van der Waals surface area contributed by atoms with Gasteiger partial charge in [0.05, 0.1) is 24.1 Å². The molecule has 13 heteroatoms. The van der Waals surface area contributed by atoms with Crippen molar-refractivity contribution < 1.29 is 38.9 Å². The average Bonchev–Trinajstić information content (AvgIpc) is 2.50. The number of pyridine rings is 1. The maximum atomic E-state index is 13.0. The van der Waals surface area contributed by atoms with Crippen LogP contribution in [0, 0.1) is 0 Å². The van der Waals surface area contributed by atoms with Crippen LogP contribution < -0.4 is 0 Å². The number of nitrogens with zero attached hydrogens (tertiary/aromatic N) is 3. The summed E-state index contributed by atoms with van der Waals surface area (Å²) < 4.78 is 103. The molecule has 0 unspecified atom stereocenters. The van der Waals surface area contributed by atoms with Crippen molar-refractivity contribution in [3.63, 3.8) is 0 Å². The van der Waals surface area contributed by atoms with Crippen LogP contribution in [0.15, 0.2) is 24.7 Å². The van der Waals surface area contributed by atoms with E-state index in [2.05, 4.69) is 19.1 Å². The van der Waals surface area contributed by atoms with E-state index in [1.165, 1.54) is 0 Å². The van der Waals surface area contributed by atoms with Crippen LogP contribution in [0.25, 0.3) is 11.3 Å². The molecule has 2 heterocycles. The predicted molar refractivity (Wildman–Crippen MR) is 74.9 cm³/mol. The molecule has 142 valence electrons. The molecule has 0 N–H and O–H groups in total. The maximum Gasteiger partial charge on any atom is 0.451 e. The Hall–Kier alpha value is -2.28. The second-order valence-corrected chi connectivity index (χ2v) is 6.63. The van der Waals surface area contributed by atoms with Gasteiger partial charge in [-0.05, 0) is 11.6 Å². The minimum Gasteiger partial charge on any atom is -0.265 e. The van der Waals surface area contributed by atoms with Crippen molar-refractivity contribution in [3.8, 4) is 11.3 Å². The van der Waals surface area contributed by atoms with Gasteiger partial charge in [-0.2, -0.15) is 34.8 Å². The summed E-state index contributed by atoms with van der Waals surface area (Å²) in [7, 11) is -4.02. The first-order valence-electron chi connectivity index (χ1n) is 6.57. The molecule has 0 bridgehead atoms. The van der Waals surface area contributed by atoms with Crippen LogP contribution in [0.4, 0.5) is 26.3 Å². The number of alkyl halides is 6. The van der Waals surface area contributed by atoms with Gasteiger partial charge in [0.1, 0.15) is 0 Å². The lowest BCUT2D eigenvalue weighted by Crippen LogP contribution is -2.13. The second kappa shape index (κ2) is 6.79. The SMILES string of the molecule is CS(=O)(=O)OCc1cc(-c2cnc(C(F)(F)F)nc2)ncc1C(F)(F)F. The molecule has 2 aromatic heterocycles. The summed E-state index contributed by atoms with van der Waals surface area (Å²) in [5.74, 6) is -1.42. The molecule has 2 rings (SSSR count). The molecule has 0 spiro atoms. The molecule has 0 amide bonds. The smallest absolute Gasteiger partial charge is 0.265 e. The summed E-state index contributed by atoms with van der Waals surface area (Å²) >= 11 is 0. The van der Waals surface area contributed by atoms with Gasteiger partial charge in [0, 0.05) is 24.2 Å². The minimum atomic E-state index is -4.83. The first-order valence-corrected chi connectivity index (χ1v) is 8.39. The Kier molecular flexibility index (Phi) is 5.24. The zero-order valence-corrected chi connectivity index (χ0v) is 13.6. The van der Waals surface area contributed by atoms with Gasteiger partial charge in [0.2, 0.25) is 5.82 Å². The van der Waals surface area contributed by atoms with Gasteiger partial charge in [-0.1, -0.05) is 0 Å². The van der Waals surface area contributed by atoms with Crippen LogP contribution in [-0.2, 0) is 33.3 Å². The number of hydrogen-bond acceptors (Lipinski definition) is 6. The normalized spacial score (nSPS) is 13.0. The summed E-state index contributed by atoms with van der Waals surface area (Å²) in [5, 5.41) is 0. The molecule has 0 aromatic carbocycles. The lowest BCUT2D eigenvalue weighted by atomic mass is 10.1. The molecule has 0 fully saturated rings. The summed E-state index contributed by atoms with van der Waals surface area (Å²) in [6.07, 6.45) is -7.04. The van der Waals surface area contributed by atoms with Gasteiger partial charge in [-0.3, -0.25) is 9.17 Å². The lowest BCUT2D eigenvalue weighted by Gasteiger charge is -2.13. The second-order valence-electron chi connectivity index (χ2n) is 4.98. The molecule has 0 atom stereocenters. The van der Waals surface area contributed by atoms with Gasteiger partial charge < -0.3 is 0 Å². The van der Waals surface area contributed by atoms with Crippen LogP contribution in [0.3, 0.4) is 0 Å². The highest BCUT2D eigenvalue weighted by Gasteiger charge is 2.35. The van der Waals surface area contributed by atoms with Gasteiger partial charge in [0.25, 0.3) is 10.1 Å². The molecule has 0 aliphatic carbocycles. The molecule has 26 heavy (non-hydrogen) atoms. The molecule has 0 radical (unpaired) electrons. The van der Waals surface area contributed by atoms with Crippen molar-refractivity contribution in [3.05, 3.63) is 41.6 Å². The van der Waals surface area contributed by atoms with Crippen molar-refractivity contribution in [1.29, 1.82) is 0 Å². The first-order chi connectivity index (χ1) is 11.8. The van der Waals surface area contributed by atoms with E-state index in [-0.39, 0.29) is 11.3 Å². The van der Waals surface area contributed by atoms with Gasteiger partial charge >= 0.3 is 12.4 Å². The Morgan fingerprint density at radius 1 is 0.962 bits per heavy atom. The van der Waals surface area contributed by atoms with Crippen molar-refractivity contribution in [2.24, 2.45) is 0 Å². The fourth-order valence-corrected chi connectivity index (χ4v) is 2.15. The van der Waals surface area contributed by atoms with Crippen LogP contribution in [0.1, 0.15) is 17.0 Å². The van der Waals surface area contributed by atoms with Crippen molar-refractivity contribution >= 4 is 10.1 Å². The van der Waals surface area contributed by atoms with E-state index >= 15 is 0 Å². The van der Waals surface area contributed by atoms with E-state index in [4.69, 9.17) is 0 Å². The maximum absolute atomic E-state index is 13.0. The third-order valence-corrected chi connectivity index (χ3v) is 3.47. The predicted octanol–water partition coefficient (Wildman–Crippen LogP) is 3.05. The highest BCUT2D eigenvalue weighted by atomic mass is 32.2. The standard InChI is InChI=1S/C13H9F6N3O3S/c1-26(23,24)25-6-7-2-10(20-5-9(7)12(14,15)16)8-3-21-11(22-4-8)13(17,18)19/h2-5H,6H2,1H3. The van der Waals surface area contributed by atoms with E-state index in [9.17, 15) is 34.8 Å². The average molecular weight is 401 g/mol.